The predicted octanol–water partition coefficient (Wildman–Crippen LogP) is 7.48. The van der Waals surface area contributed by atoms with Crippen molar-refractivity contribution in [1.82, 2.24) is 9.13 Å². The number of hydrogen-bond donors (Lipinski definition) is 0. The fourth-order valence-corrected chi connectivity index (χ4v) is 8.85. The summed E-state index contributed by atoms with van der Waals surface area (Å²) in [5.74, 6) is -2.14. The highest BCUT2D eigenvalue weighted by Crippen LogP contribution is 2.35. The van der Waals surface area contributed by atoms with E-state index in [4.69, 9.17) is 9.47 Å². The van der Waals surface area contributed by atoms with Gasteiger partial charge in [0.25, 0.3) is 45.9 Å². The zero-order valence-corrected chi connectivity index (χ0v) is 36.5. The van der Waals surface area contributed by atoms with Crippen molar-refractivity contribution in [3.8, 4) is 34.4 Å². The van der Waals surface area contributed by atoms with Crippen LogP contribution in [0.25, 0.3) is 32.9 Å². The Morgan fingerprint density at radius 2 is 0.671 bits per heavy atom. The van der Waals surface area contributed by atoms with Gasteiger partial charge in [0, 0.05) is 23.3 Å². The molecule has 0 atom stereocenters. The number of carbonyl (C=O) groups excluding carboxylic acids is 6. The van der Waals surface area contributed by atoms with Crippen LogP contribution in [0.1, 0.15) is 76.0 Å². The van der Waals surface area contributed by atoms with Crippen LogP contribution in [0.3, 0.4) is 0 Å². The third-order valence-corrected chi connectivity index (χ3v) is 12.3. The molecule has 0 unspecified atom stereocenters. The summed E-state index contributed by atoms with van der Waals surface area (Å²) in [5, 5.41) is -0.426. The molecule has 0 saturated carbocycles. The topological polar surface area (TPSA) is 206 Å². The van der Waals surface area contributed by atoms with Crippen LogP contribution in [0.2, 0.25) is 0 Å². The van der Waals surface area contributed by atoms with E-state index in [2.05, 4.69) is 0 Å². The number of carbonyl (C=O) groups is 6. The summed E-state index contributed by atoms with van der Waals surface area (Å²) < 4.78 is 13.9. The summed E-state index contributed by atoms with van der Waals surface area (Å²) in [7, 11) is 0. The Kier molecular flexibility index (Phi) is 9.66. The van der Waals surface area contributed by atoms with Crippen molar-refractivity contribution >= 4 is 68.1 Å². The van der Waals surface area contributed by atoms with Crippen LogP contribution in [-0.4, -0.2) is 44.3 Å². The Morgan fingerprint density at radius 1 is 0.343 bits per heavy atom. The molecule has 0 radical (unpaired) electrons. The minimum Gasteiger partial charge on any atom is -0.457 e. The number of benzene rings is 7. The minimum absolute atomic E-state index is 0.0705. The summed E-state index contributed by atoms with van der Waals surface area (Å²) in [6.45, 7) is 2.76. The monoisotopic (exact) mass is 926 g/mol. The van der Waals surface area contributed by atoms with Gasteiger partial charge in [-0.2, -0.15) is 0 Å². The molecule has 2 aliphatic heterocycles. The van der Waals surface area contributed by atoms with Gasteiger partial charge in [0.15, 0.2) is 11.6 Å². The molecular formula is C54H30N4O12. The highest BCUT2D eigenvalue weighted by Gasteiger charge is 2.39. The number of amides is 4. The molecule has 16 nitrogen and oxygen atoms in total. The highest BCUT2D eigenvalue weighted by molar-refractivity contribution is 6.35. The van der Waals surface area contributed by atoms with Gasteiger partial charge in [-0.25, -0.2) is 18.9 Å². The molecule has 0 bridgehead atoms. The van der Waals surface area contributed by atoms with Gasteiger partial charge < -0.3 is 9.47 Å². The van der Waals surface area contributed by atoms with Crippen molar-refractivity contribution in [2.45, 2.75) is 13.8 Å². The average Bonchev–Trinajstić information content (AvgIpc) is 3.95. The second-order valence-electron chi connectivity index (χ2n) is 16.6. The molecule has 0 fully saturated rings. The first-order valence-electron chi connectivity index (χ1n) is 21.5. The van der Waals surface area contributed by atoms with Crippen molar-refractivity contribution in [2.75, 3.05) is 9.80 Å². The molecule has 2 aliphatic rings. The Bertz CT molecular complexity index is 3780. The van der Waals surface area contributed by atoms with Gasteiger partial charge >= 0.3 is 0 Å². The van der Waals surface area contributed by atoms with Gasteiger partial charge in [-0.3, -0.25) is 47.9 Å². The Balaban J connectivity index is 0.856. The van der Waals surface area contributed by atoms with Crippen LogP contribution < -0.4 is 41.5 Å². The molecule has 0 saturated heterocycles. The standard InChI is InChI=1S/C54H30N4O12/c1-27(59)29-7-3-9-31(19-29)55-47(61)39-17-15-37(23-41(39)49(55)63)69-35-13-5-11-33(21-35)57-51(65)43-25-45-46(26-44(43)52(57)66)54(68)58(53(45)67)34-12-6-14-36(22-34)70-38-16-18-40-42(24-38)50(64)56(48(40)62)32-10-4-8-30(20-32)28(2)60/h3-26H,1-2H3. The lowest BCUT2D eigenvalue weighted by molar-refractivity contribution is 0.0910. The van der Waals surface area contributed by atoms with Crippen LogP contribution in [0, 0.1) is 0 Å². The van der Waals surface area contributed by atoms with Crippen molar-refractivity contribution in [3.63, 3.8) is 0 Å². The van der Waals surface area contributed by atoms with Crippen molar-refractivity contribution in [1.29, 1.82) is 0 Å². The van der Waals surface area contributed by atoms with E-state index in [9.17, 15) is 47.9 Å². The molecule has 2 aromatic heterocycles. The number of anilines is 2. The largest absolute Gasteiger partial charge is 0.457 e. The predicted molar refractivity (Wildman–Crippen MR) is 256 cm³/mol. The van der Waals surface area contributed by atoms with Crippen molar-refractivity contribution in [3.05, 3.63) is 220 Å². The third kappa shape index (κ3) is 6.69. The van der Waals surface area contributed by atoms with Crippen molar-refractivity contribution in [2.24, 2.45) is 0 Å². The summed E-state index contributed by atoms with van der Waals surface area (Å²) in [6, 6.07) is 35.5. The van der Waals surface area contributed by atoms with E-state index in [0.717, 1.165) is 18.9 Å². The van der Waals surface area contributed by atoms with Gasteiger partial charge in [-0.15, -0.1) is 0 Å². The molecule has 9 aromatic rings. The Hall–Kier alpha value is -9.96. The molecule has 16 heteroatoms. The fraction of sp³-hybridized carbons (Fsp3) is 0.0370. The van der Waals surface area contributed by atoms with Crippen LogP contribution >= 0.6 is 0 Å². The summed E-state index contributed by atoms with van der Waals surface area (Å²) >= 11 is 0. The number of imide groups is 2. The number of hydrogen-bond acceptors (Lipinski definition) is 12. The number of fused-ring (bicyclic) bond motifs is 4. The lowest BCUT2D eigenvalue weighted by Gasteiger charge is -2.14. The molecular weight excluding hydrogens is 897 g/mol. The second-order valence-corrected chi connectivity index (χ2v) is 16.6. The van der Waals surface area contributed by atoms with Crippen molar-refractivity contribution < 1.29 is 38.2 Å². The third-order valence-electron chi connectivity index (χ3n) is 12.3. The maximum absolute atomic E-state index is 14.0. The molecule has 338 valence electrons. The van der Waals surface area contributed by atoms with Gasteiger partial charge in [0.2, 0.25) is 0 Å². The Labute approximate surface area is 392 Å². The maximum atomic E-state index is 14.0. The van der Waals surface area contributed by atoms with E-state index in [0.29, 0.717) is 11.1 Å². The molecule has 0 aliphatic carbocycles. The minimum atomic E-state index is -0.758. The molecule has 7 aromatic carbocycles. The van der Waals surface area contributed by atoms with Gasteiger partial charge in [-0.05, 0) is 111 Å². The van der Waals surface area contributed by atoms with Gasteiger partial charge in [-0.1, -0.05) is 36.4 Å². The normalized spacial score (nSPS) is 13.1. The van der Waals surface area contributed by atoms with E-state index >= 15 is 0 Å². The fourth-order valence-electron chi connectivity index (χ4n) is 8.85. The first kappa shape index (κ1) is 42.7. The molecule has 11 rings (SSSR count). The molecule has 0 N–H and O–H groups in total. The zero-order chi connectivity index (χ0) is 48.9. The van der Waals surface area contributed by atoms with E-state index in [1.54, 1.807) is 60.7 Å². The van der Waals surface area contributed by atoms with Gasteiger partial charge in [0.05, 0.1) is 66.5 Å². The van der Waals surface area contributed by atoms with E-state index in [-0.39, 0.29) is 101 Å². The molecule has 4 amide bonds. The van der Waals surface area contributed by atoms with Crippen LogP contribution in [-0.2, 0) is 0 Å². The number of ether oxygens (including phenoxy) is 2. The summed E-state index contributed by atoms with van der Waals surface area (Å²) in [6.07, 6.45) is 0. The second kappa shape index (κ2) is 15.8. The SMILES string of the molecule is CC(=O)c1cccc(N2C(=O)c3ccc(Oc4cccc(-n5c(=O)c6cc7c(=O)n(-c8cccc(Oc9ccc%10c(c9)C(=O)N(c9cccc(C(C)=O)c9)C%10=O)c8)c(=O)c7cc6c5=O)c4)cc3C2=O)c1. The van der Waals surface area contributed by atoms with E-state index < -0.39 is 45.9 Å². The van der Waals surface area contributed by atoms with Crippen LogP contribution in [0.4, 0.5) is 11.4 Å². The first-order valence-corrected chi connectivity index (χ1v) is 21.5. The quantitative estimate of drug-likeness (QED) is 0.0967. The van der Waals surface area contributed by atoms with Crippen LogP contribution in [0.15, 0.2) is 165 Å². The molecule has 0 spiro atoms. The number of aromatic nitrogens is 2. The average molecular weight is 927 g/mol. The smallest absolute Gasteiger partial charge is 0.266 e. The zero-order valence-electron chi connectivity index (χ0n) is 36.5. The Morgan fingerprint density at radius 3 is 1.04 bits per heavy atom. The first-order chi connectivity index (χ1) is 33.7. The molecule has 70 heavy (non-hydrogen) atoms. The molecule has 4 heterocycles. The number of ketones is 2. The summed E-state index contributed by atoms with van der Waals surface area (Å²) in [5.41, 5.74) is -1.26. The van der Waals surface area contributed by atoms with E-state index in [1.165, 1.54) is 98.8 Å². The van der Waals surface area contributed by atoms with Gasteiger partial charge in [0.1, 0.15) is 23.0 Å². The van der Waals surface area contributed by atoms with Crippen LogP contribution in [0.5, 0.6) is 23.0 Å². The number of rotatable bonds is 10. The maximum Gasteiger partial charge on any atom is 0.266 e. The number of Topliss-reactive ketones (excluding diaryl/α,β-unsaturated/α-hetero) is 2. The highest BCUT2D eigenvalue weighted by atomic mass is 16.5. The lowest BCUT2D eigenvalue weighted by Crippen LogP contribution is -2.29. The van der Waals surface area contributed by atoms with E-state index in [1.807, 2.05) is 0 Å². The lowest BCUT2D eigenvalue weighted by atomic mass is 10.1. The summed E-state index contributed by atoms with van der Waals surface area (Å²) in [4.78, 5) is 135. The number of nitrogens with zero attached hydrogens (tertiary/aromatic N) is 4.